The molecule has 8 aromatic rings. The zero-order valence-corrected chi connectivity index (χ0v) is 31.8. The third kappa shape index (κ3) is 9.48. The minimum absolute atomic E-state index is 0.733. The zero-order chi connectivity index (χ0) is 37.1. The Labute approximate surface area is 325 Å². The Morgan fingerprint density at radius 1 is 0.218 bits per heavy atom. The standard InChI is InChI=1S/C48H36O5Si2/c1-5-17-37(18-6-1)49-41-25-13-29-45(33-41)54(46-30-14-26-42(34-46)50-38-19-7-2-8-20-38)53-55(47-31-15-27-43(35-47)51-39-21-9-3-10-22-39)48-32-16-28-44(36-48)52-40-23-11-4-12-24-40/h1-36H. The molecule has 0 saturated heterocycles. The van der Waals surface area contributed by atoms with Crippen molar-refractivity contribution < 1.29 is 23.1 Å². The molecule has 0 heterocycles. The smallest absolute Gasteiger partial charge is 0.272 e. The minimum atomic E-state index is -1.96. The maximum absolute atomic E-state index is 7.60. The number of para-hydroxylation sites is 4. The predicted octanol–water partition coefficient (Wildman–Crippen LogP) is 9.78. The SMILES string of the molecule is c1ccc(Oc2cccc([Si](O[Si](c3cccc(Oc4ccccc4)c3)c3cccc(Oc4ccccc4)c3)c3cccc(Oc4ccccc4)c3)c2)cc1. The highest BCUT2D eigenvalue weighted by Gasteiger charge is 2.30. The van der Waals surface area contributed by atoms with Crippen LogP contribution in [-0.2, 0) is 4.12 Å². The molecule has 0 aromatic heterocycles. The van der Waals surface area contributed by atoms with E-state index in [9.17, 15) is 0 Å². The van der Waals surface area contributed by atoms with Gasteiger partial charge in [-0.25, -0.2) is 0 Å². The van der Waals surface area contributed by atoms with E-state index in [1.807, 2.05) is 170 Å². The van der Waals surface area contributed by atoms with E-state index in [1.54, 1.807) is 0 Å². The second-order valence-electron chi connectivity index (χ2n) is 12.5. The number of rotatable bonds is 14. The number of ether oxygens (including phenoxy) is 4. The van der Waals surface area contributed by atoms with Gasteiger partial charge in [0, 0.05) is 0 Å². The van der Waals surface area contributed by atoms with E-state index in [1.165, 1.54) is 0 Å². The highest BCUT2D eigenvalue weighted by molar-refractivity contribution is 6.91. The molecule has 0 spiro atoms. The van der Waals surface area contributed by atoms with E-state index in [2.05, 4.69) is 48.5 Å². The summed E-state index contributed by atoms with van der Waals surface area (Å²) in [4.78, 5) is 0. The Morgan fingerprint density at radius 3 is 0.673 bits per heavy atom. The molecule has 0 amide bonds. The average Bonchev–Trinajstić information content (AvgIpc) is 3.23. The first-order valence-corrected chi connectivity index (χ1v) is 20.8. The van der Waals surface area contributed by atoms with Gasteiger partial charge < -0.3 is 23.1 Å². The summed E-state index contributed by atoms with van der Waals surface area (Å²) in [5.74, 6) is 6.00. The van der Waals surface area contributed by atoms with Gasteiger partial charge in [-0.1, -0.05) is 121 Å². The second kappa shape index (κ2) is 17.5. The van der Waals surface area contributed by atoms with E-state index in [0.717, 1.165) is 66.7 Å². The zero-order valence-electron chi connectivity index (χ0n) is 29.8. The molecule has 2 radical (unpaired) electrons. The Hall–Kier alpha value is -6.65. The van der Waals surface area contributed by atoms with E-state index < -0.39 is 18.1 Å². The van der Waals surface area contributed by atoms with Crippen molar-refractivity contribution in [3.63, 3.8) is 0 Å². The lowest BCUT2D eigenvalue weighted by molar-refractivity contribution is 0.482. The molecule has 5 nitrogen and oxygen atoms in total. The normalized spacial score (nSPS) is 10.9. The largest absolute Gasteiger partial charge is 0.457 e. The van der Waals surface area contributed by atoms with Crippen LogP contribution < -0.4 is 39.7 Å². The molecule has 0 N–H and O–H groups in total. The van der Waals surface area contributed by atoms with Crippen LogP contribution in [0.2, 0.25) is 0 Å². The lowest BCUT2D eigenvalue weighted by atomic mass is 10.3. The van der Waals surface area contributed by atoms with Crippen molar-refractivity contribution in [3.05, 3.63) is 218 Å². The van der Waals surface area contributed by atoms with Crippen molar-refractivity contribution in [2.24, 2.45) is 0 Å². The molecule has 0 saturated carbocycles. The van der Waals surface area contributed by atoms with Crippen LogP contribution in [0.15, 0.2) is 218 Å². The molecule has 7 heteroatoms. The molecule has 0 aliphatic heterocycles. The first-order valence-electron chi connectivity index (χ1n) is 18.0. The van der Waals surface area contributed by atoms with Crippen LogP contribution in [0.25, 0.3) is 0 Å². The summed E-state index contributed by atoms with van der Waals surface area (Å²) >= 11 is 0. The van der Waals surface area contributed by atoms with Gasteiger partial charge in [0.15, 0.2) is 0 Å². The lowest BCUT2D eigenvalue weighted by Crippen LogP contribution is -2.56. The van der Waals surface area contributed by atoms with Gasteiger partial charge in [0.2, 0.25) is 0 Å². The van der Waals surface area contributed by atoms with Crippen molar-refractivity contribution >= 4 is 38.8 Å². The summed E-state index contributed by atoms with van der Waals surface area (Å²) in [5, 5.41) is 4.13. The van der Waals surface area contributed by atoms with Crippen LogP contribution in [-0.4, -0.2) is 18.1 Å². The first kappa shape index (κ1) is 35.4. The summed E-state index contributed by atoms with van der Waals surface area (Å²) in [6.07, 6.45) is 0. The lowest BCUT2D eigenvalue weighted by Gasteiger charge is -2.25. The Balaban J connectivity index is 1.21. The summed E-state index contributed by atoms with van der Waals surface area (Å²) in [5.41, 5.74) is 0. The van der Waals surface area contributed by atoms with Crippen LogP contribution in [0.3, 0.4) is 0 Å². The Kier molecular flexibility index (Phi) is 11.2. The van der Waals surface area contributed by atoms with Crippen LogP contribution >= 0.6 is 0 Å². The molecule has 0 fully saturated rings. The summed E-state index contributed by atoms with van der Waals surface area (Å²) < 4.78 is 32.9. The molecular weight excluding hydrogens is 713 g/mol. The number of benzene rings is 8. The van der Waals surface area contributed by atoms with Crippen LogP contribution in [0.4, 0.5) is 0 Å². The van der Waals surface area contributed by atoms with Gasteiger partial charge in [0.05, 0.1) is 0 Å². The quantitative estimate of drug-likeness (QED) is 0.104. The van der Waals surface area contributed by atoms with Crippen molar-refractivity contribution in [2.75, 3.05) is 0 Å². The maximum atomic E-state index is 7.60. The van der Waals surface area contributed by atoms with Crippen LogP contribution in [0, 0.1) is 0 Å². The van der Waals surface area contributed by atoms with E-state index in [-0.39, 0.29) is 0 Å². The summed E-state index contributed by atoms with van der Waals surface area (Å²) in [7, 11) is -3.92. The van der Waals surface area contributed by atoms with Crippen molar-refractivity contribution in [2.45, 2.75) is 0 Å². The fraction of sp³-hybridized carbons (Fsp3) is 0. The van der Waals surface area contributed by atoms with Gasteiger partial charge in [-0.15, -0.1) is 0 Å². The second-order valence-corrected chi connectivity index (χ2v) is 17.0. The highest BCUT2D eigenvalue weighted by Crippen LogP contribution is 2.24. The molecule has 0 bridgehead atoms. The molecule has 8 aromatic carbocycles. The third-order valence-electron chi connectivity index (χ3n) is 8.50. The van der Waals surface area contributed by atoms with Crippen LogP contribution in [0.5, 0.6) is 46.0 Å². The van der Waals surface area contributed by atoms with Crippen molar-refractivity contribution in [1.82, 2.24) is 0 Å². The summed E-state index contributed by atoms with van der Waals surface area (Å²) in [6, 6.07) is 72.2. The van der Waals surface area contributed by atoms with Gasteiger partial charge in [-0.05, 0) is 118 Å². The molecular formula is C48H36O5Si2. The van der Waals surface area contributed by atoms with Gasteiger partial charge in [-0.3, -0.25) is 0 Å². The topological polar surface area (TPSA) is 46.2 Å². The van der Waals surface area contributed by atoms with Crippen molar-refractivity contribution in [3.8, 4) is 46.0 Å². The molecule has 266 valence electrons. The van der Waals surface area contributed by atoms with Gasteiger partial charge in [-0.2, -0.15) is 0 Å². The van der Waals surface area contributed by atoms with E-state index in [0.29, 0.717) is 0 Å². The molecule has 55 heavy (non-hydrogen) atoms. The Morgan fingerprint density at radius 2 is 0.436 bits per heavy atom. The fourth-order valence-electron chi connectivity index (χ4n) is 5.97. The third-order valence-corrected chi connectivity index (χ3v) is 13.5. The van der Waals surface area contributed by atoms with E-state index in [4.69, 9.17) is 23.1 Å². The molecule has 0 unspecified atom stereocenters. The molecule has 8 rings (SSSR count). The molecule has 0 aliphatic carbocycles. The van der Waals surface area contributed by atoms with Crippen molar-refractivity contribution in [1.29, 1.82) is 0 Å². The highest BCUT2D eigenvalue weighted by atomic mass is 28.4. The number of hydrogen-bond donors (Lipinski definition) is 0. The average molecular weight is 749 g/mol. The van der Waals surface area contributed by atoms with Gasteiger partial charge in [0.1, 0.15) is 46.0 Å². The monoisotopic (exact) mass is 748 g/mol. The first-order chi connectivity index (χ1) is 27.2. The predicted molar refractivity (Wildman–Crippen MR) is 223 cm³/mol. The fourth-order valence-corrected chi connectivity index (χ4v) is 11.4. The van der Waals surface area contributed by atoms with Gasteiger partial charge >= 0.3 is 0 Å². The molecule has 0 atom stereocenters. The number of hydrogen-bond acceptors (Lipinski definition) is 5. The molecule has 0 aliphatic rings. The maximum Gasteiger partial charge on any atom is 0.272 e. The Bertz CT molecular complexity index is 2090. The summed E-state index contributed by atoms with van der Waals surface area (Å²) in [6.45, 7) is 0. The van der Waals surface area contributed by atoms with Gasteiger partial charge in [0.25, 0.3) is 18.1 Å². The van der Waals surface area contributed by atoms with Crippen LogP contribution in [0.1, 0.15) is 0 Å². The van der Waals surface area contributed by atoms with E-state index >= 15 is 0 Å². The minimum Gasteiger partial charge on any atom is -0.457 e.